The minimum absolute atomic E-state index is 0.219. The van der Waals surface area contributed by atoms with Gasteiger partial charge in [0.15, 0.2) is 16.7 Å². The van der Waals surface area contributed by atoms with Crippen molar-refractivity contribution in [1.82, 2.24) is 20.2 Å². The Morgan fingerprint density at radius 1 is 1.27 bits per heavy atom. The molecule has 6 nitrogen and oxygen atoms in total. The molecular formula is C18H18FN5OS. The van der Waals surface area contributed by atoms with E-state index in [-0.39, 0.29) is 11.6 Å². The maximum absolute atomic E-state index is 15.2. The molecule has 0 unspecified atom stereocenters. The number of benzene rings is 1. The van der Waals surface area contributed by atoms with Gasteiger partial charge in [0, 0.05) is 23.6 Å². The van der Waals surface area contributed by atoms with Crippen LogP contribution in [0.2, 0.25) is 0 Å². The first-order chi connectivity index (χ1) is 12.7. The molecule has 0 bridgehead atoms. The Morgan fingerprint density at radius 3 is 2.85 bits per heavy atom. The van der Waals surface area contributed by atoms with Crippen LogP contribution in [0.25, 0.3) is 32.5 Å². The van der Waals surface area contributed by atoms with Crippen LogP contribution in [0.4, 0.5) is 9.52 Å². The molecule has 0 atom stereocenters. The molecule has 0 aliphatic rings. The number of nitrogens with one attached hydrogen (secondary N) is 2. The zero-order valence-corrected chi connectivity index (χ0v) is 15.5. The molecule has 0 saturated carbocycles. The molecule has 0 saturated heterocycles. The first-order valence-corrected chi connectivity index (χ1v) is 9.25. The highest BCUT2D eigenvalue weighted by molar-refractivity contribution is 7.21. The van der Waals surface area contributed by atoms with E-state index in [9.17, 15) is 0 Å². The zero-order valence-electron chi connectivity index (χ0n) is 14.7. The minimum Gasteiger partial charge on any atom is -0.489 e. The Balaban J connectivity index is 2.01. The van der Waals surface area contributed by atoms with Crippen molar-refractivity contribution >= 4 is 37.7 Å². The van der Waals surface area contributed by atoms with Crippen molar-refractivity contribution in [3.8, 4) is 17.0 Å². The van der Waals surface area contributed by atoms with Crippen LogP contribution in [0, 0.1) is 5.82 Å². The third-order valence-corrected chi connectivity index (χ3v) is 5.25. The molecule has 0 aliphatic carbocycles. The maximum Gasteiger partial charge on any atom is 0.185 e. The van der Waals surface area contributed by atoms with Crippen LogP contribution < -0.4 is 10.1 Å². The van der Waals surface area contributed by atoms with Gasteiger partial charge in [-0.1, -0.05) is 18.3 Å². The number of fused-ring (bicyclic) bond motifs is 2. The average molecular weight is 371 g/mol. The molecule has 0 fully saturated rings. The number of halogens is 1. The normalized spacial score (nSPS) is 11.4. The summed E-state index contributed by atoms with van der Waals surface area (Å²) in [6.45, 7) is 4.14. The van der Waals surface area contributed by atoms with E-state index < -0.39 is 0 Å². The Bertz CT molecular complexity index is 1100. The lowest BCUT2D eigenvalue weighted by Crippen LogP contribution is -2.02. The van der Waals surface area contributed by atoms with Crippen molar-refractivity contribution in [2.75, 3.05) is 19.0 Å². The van der Waals surface area contributed by atoms with Crippen molar-refractivity contribution < 1.29 is 9.13 Å². The third-order valence-electron chi connectivity index (χ3n) is 4.27. The fourth-order valence-electron chi connectivity index (χ4n) is 3.14. The second-order valence-electron chi connectivity index (χ2n) is 5.73. The lowest BCUT2D eigenvalue weighted by Gasteiger charge is -2.14. The fourth-order valence-corrected chi connectivity index (χ4v) is 3.93. The van der Waals surface area contributed by atoms with Crippen molar-refractivity contribution in [3.63, 3.8) is 0 Å². The number of hydrogen-bond acceptors (Lipinski definition) is 6. The highest BCUT2D eigenvalue weighted by atomic mass is 32.1. The summed E-state index contributed by atoms with van der Waals surface area (Å²) in [7, 11) is 1.82. The van der Waals surface area contributed by atoms with Crippen LogP contribution in [0.3, 0.4) is 0 Å². The molecule has 1 aromatic carbocycles. The van der Waals surface area contributed by atoms with Gasteiger partial charge in [-0.3, -0.25) is 5.10 Å². The Labute approximate surface area is 153 Å². The number of nitrogens with zero attached hydrogens (tertiary/aromatic N) is 3. The molecule has 3 heterocycles. The first kappa shape index (κ1) is 16.7. The SMILES string of the molecule is CCOc1c(F)c(CC)c(-c2ccc3nc(NC)sc3n2)c2cn[nH]c12. The highest BCUT2D eigenvalue weighted by Crippen LogP contribution is 2.40. The number of anilines is 1. The molecule has 4 rings (SSSR count). The van der Waals surface area contributed by atoms with Gasteiger partial charge in [0.2, 0.25) is 0 Å². The van der Waals surface area contributed by atoms with Crippen molar-refractivity contribution in [2.45, 2.75) is 20.3 Å². The molecule has 0 spiro atoms. The topological polar surface area (TPSA) is 75.7 Å². The van der Waals surface area contributed by atoms with Gasteiger partial charge >= 0.3 is 0 Å². The summed E-state index contributed by atoms with van der Waals surface area (Å²) in [6, 6.07) is 3.79. The molecule has 4 aromatic rings. The van der Waals surface area contributed by atoms with Gasteiger partial charge in [-0.05, 0) is 25.5 Å². The van der Waals surface area contributed by atoms with Gasteiger partial charge in [0.25, 0.3) is 0 Å². The van der Waals surface area contributed by atoms with E-state index in [0.717, 1.165) is 26.4 Å². The van der Waals surface area contributed by atoms with E-state index in [4.69, 9.17) is 9.72 Å². The summed E-state index contributed by atoms with van der Waals surface area (Å²) in [6.07, 6.45) is 2.22. The van der Waals surface area contributed by atoms with Crippen LogP contribution in [-0.2, 0) is 6.42 Å². The van der Waals surface area contributed by atoms with E-state index >= 15 is 4.39 Å². The number of aromatic amines is 1. The lowest BCUT2D eigenvalue weighted by molar-refractivity contribution is 0.324. The van der Waals surface area contributed by atoms with E-state index in [1.54, 1.807) is 6.20 Å². The van der Waals surface area contributed by atoms with Crippen molar-refractivity contribution in [3.05, 3.63) is 29.7 Å². The predicted molar refractivity (Wildman–Crippen MR) is 103 cm³/mol. The maximum atomic E-state index is 15.2. The fraction of sp³-hybridized carbons (Fsp3) is 0.278. The molecule has 0 aliphatic heterocycles. The number of aromatic nitrogens is 4. The summed E-state index contributed by atoms with van der Waals surface area (Å²) in [5.41, 5.74) is 3.40. The van der Waals surface area contributed by atoms with Crippen LogP contribution in [0.1, 0.15) is 19.4 Å². The third kappa shape index (κ3) is 2.48. The van der Waals surface area contributed by atoms with E-state index in [0.29, 0.717) is 29.8 Å². The second kappa shape index (κ2) is 6.53. The largest absolute Gasteiger partial charge is 0.489 e. The Morgan fingerprint density at radius 2 is 2.12 bits per heavy atom. The molecule has 2 N–H and O–H groups in total. The summed E-state index contributed by atoms with van der Waals surface area (Å²) >= 11 is 1.47. The molecule has 0 radical (unpaired) electrons. The summed E-state index contributed by atoms with van der Waals surface area (Å²) < 4.78 is 20.7. The second-order valence-corrected chi connectivity index (χ2v) is 6.71. The van der Waals surface area contributed by atoms with Gasteiger partial charge in [-0.2, -0.15) is 5.10 Å². The zero-order chi connectivity index (χ0) is 18.3. The molecule has 3 aromatic heterocycles. The van der Waals surface area contributed by atoms with Crippen LogP contribution in [0.15, 0.2) is 18.3 Å². The lowest BCUT2D eigenvalue weighted by atomic mass is 9.96. The number of pyridine rings is 1. The number of hydrogen-bond donors (Lipinski definition) is 2. The number of thiazole rings is 1. The molecular weight excluding hydrogens is 353 g/mol. The average Bonchev–Trinajstić information content (AvgIpc) is 3.29. The molecule has 134 valence electrons. The summed E-state index contributed by atoms with van der Waals surface area (Å²) in [5, 5.41) is 11.6. The smallest absolute Gasteiger partial charge is 0.185 e. The van der Waals surface area contributed by atoms with E-state index in [1.165, 1.54) is 11.3 Å². The van der Waals surface area contributed by atoms with E-state index in [2.05, 4.69) is 20.5 Å². The van der Waals surface area contributed by atoms with Gasteiger partial charge < -0.3 is 10.1 Å². The van der Waals surface area contributed by atoms with Crippen LogP contribution in [0.5, 0.6) is 5.75 Å². The highest BCUT2D eigenvalue weighted by Gasteiger charge is 2.23. The van der Waals surface area contributed by atoms with Crippen LogP contribution in [-0.4, -0.2) is 33.8 Å². The summed E-state index contributed by atoms with van der Waals surface area (Å²) in [5.74, 6) is -0.139. The standard InChI is InChI=1S/C18H18FN5OS/c1-4-9-13(10-8-21-24-15(10)16(14(9)19)25-5-2)11-6-7-12-17(22-11)26-18(20-3)23-12/h6-8H,4-5H2,1-3H3,(H,20,23)(H,21,24). The minimum atomic E-state index is -0.358. The number of H-pyrrole nitrogens is 1. The van der Waals surface area contributed by atoms with Gasteiger partial charge in [0.05, 0.1) is 18.5 Å². The number of ether oxygens (including phenoxy) is 1. The van der Waals surface area contributed by atoms with Gasteiger partial charge in [0.1, 0.15) is 15.9 Å². The molecule has 0 amide bonds. The monoisotopic (exact) mass is 371 g/mol. The predicted octanol–water partition coefficient (Wildman–Crippen LogP) is 4.38. The molecule has 8 heteroatoms. The van der Waals surface area contributed by atoms with Gasteiger partial charge in [-0.25, -0.2) is 14.4 Å². The number of rotatable bonds is 5. The molecule has 26 heavy (non-hydrogen) atoms. The first-order valence-electron chi connectivity index (χ1n) is 8.43. The van der Waals surface area contributed by atoms with Crippen molar-refractivity contribution in [2.24, 2.45) is 0 Å². The summed E-state index contributed by atoms with van der Waals surface area (Å²) in [4.78, 5) is 9.99. The van der Waals surface area contributed by atoms with Gasteiger partial charge in [-0.15, -0.1) is 0 Å². The van der Waals surface area contributed by atoms with Crippen molar-refractivity contribution in [1.29, 1.82) is 0 Å². The Kier molecular flexibility index (Phi) is 4.20. The quantitative estimate of drug-likeness (QED) is 0.545. The van der Waals surface area contributed by atoms with E-state index in [1.807, 2.05) is 33.0 Å². The van der Waals surface area contributed by atoms with Crippen LogP contribution >= 0.6 is 11.3 Å². The Hall–Kier alpha value is -2.74.